The lowest BCUT2D eigenvalue weighted by Crippen LogP contribution is -2.03. The molecule has 32 heavy (non-hydrogen) atoms. The number of halogens is 6. The van der Waals surface area contributed by atoms with Gasteiger partial charge in [0.25, 0.3) is 0 Å². The SMILES string of the molecule is COc1ccc(-c2cc(F)c(-c3ccc4c(F)c(OC(F)F)ccc4c3)c(F)c2)c(F)c1. The lowest BCUT2D eigenvalue weighted by Gasteiger charge is -2.12. The fraction of sp³-hybridized carbons (Fsp3) is 0.0833. The van der Waals surface area contributed by atoms with Crippen LogP contribution in [0, 0.1) is 23.3 Å². The number of benzene rings is 4. The maximum atomic E-state index is 14.9. The lowest BCUT2D eigenvalue weighted by molar-refractivity contribution is -0.0520. The molecule has 0 amide bonds. The van der Waals surface area contributed by atoms with Crippen molar-refractivity contribution in [1.82, 2.24) is 0 Å². The average molecular weight is 448 g/mol. The van der Waals surface area contributed by atoms with Crippen LogP contribution < -0.4 is 9.47 Å². The van der Waals surface area contributed by atoms with Crippen LogP contribution >= 0.6 is 0 Å². The highest BCUT2D eigenvalue weighted by atomic mass is 19.3. The van der Waals surface area contributed by atoms with Crippen LogP contribution in [0.15, 0.2) is 60.7 Å². The van der Waals surface area contributed by atoms with Crippen LogP contribution in [-0.4, -0.2) is 13.7 Å². The summed E-state index contributed by atoms with van der Waals surface area (Å²) in [5, 5.41) is 0.176. The zero-order valence-electron chi connectivity index (χ0n) is 16.4. The molecule has 0 spiro atoms. The van der Waals surface area contributed by atoms with Crippen LogP contribution in [0.2, 0.25) is 0 Å². The Labute approximate surface area is 178 Å². The molecule has 4 rings (SSSR count). The van der Waals surface area contributed by atoms with E-state index in [1.165, 1.54) is 43.5 Å². The van der Waals surface area contributed by atoms with Gasteiger partial charge in [0.2, 0.25) is 0 Å². The molecule has 0 radical (unpaired) electrons. The van der Waals surface area contributed by atoms with E-state index in [1.807, 2.05) is 0 Å². The van der Waals surface area contributed by atoms with Crippen molar-refractivity contribution in [2.24, 2.45) is 0 Å². The number of fused-ring (bicyclic) bond motifs is 1. The summed E-state index contributed by atoms with van der Waals surface area (Å²) in [6.07, 6.45) is 0. The third-order valence-electron chi connectivity index (χ3n) is 4.95. The minimum Gasteiger partial charge on any atom is -0.497 e. The molecule has 0 N–H and O–H groups in total. The zero-order chi connectivity index (χ0) is 23.0. The van der Waals surface area contributed by atoms with Gasteiger partial charge < -0.3 is 9.47 Å². The molecule has 0 bridgehead atoms. The summed E-state index contributed by atoms with van der Waals surface area (Å²) in [4.78, 5) is 0. The molecule has 8 heteroatoms. The molecule has 0 saturated carbocycles. The maximum Gasteiger partial charge on any atom is 0.387 e. The zero-order valence-corrected chi connectivity index (χ0v) is 16.4. The highest BCUT2D eigenvalue weighted by Crippen LogP contribution is 2.36. The van der Waals surface area contributed by atoms with Crippen LogP contribution in [0.5, 0.6) is 11.5 Å². The molecule has 0 aliphatic carbocycles. The minimum absolute atomic E-state index is 0.00970. The number of methoxy groups -OCH3 is 1. The fourth-order valence-corrected chi connectivity index (χ4v) is 3.48. The third-order valence-corrected chi connectivity index (χ3v) is 4.95. The summed E-state index contributed by atoms with van der Waals surface area (Å²) in [6, 6.07) is 12.0. The van der Waals surface area contributed by atoms with E-state index < -0.39 is 41.2 Å². The van der Waals surface area contributed by atoms with E-state index in [1.54, 1.807) is 0 Å². The maximum absolute atomic E-state index is 14.9. The van der Waals surface area contributed by atoms with Gasteiger partial charge in [-0.15, -0.1) is 0 Å². The van der Waals surface area contributed by atoms with E-state index in [0.717, 1.165) is 24.3 Å². The van der Waals surface area contributed by atoms with Gasteiger partial charge >= 0.3 is 6.61 Å². The molecule has 4 aromatic carbocycles. The Hall–Kier alpha value is -3.68. The fourth-order valence-electron chi connectivity index (χ4n) is 3.48. The van der Waals surface area contributed by atoms with E-state index in [-0.39, 0.29) is 33.2 Å². The van der Waals surface area contributed by atoms with Crippen molar-refractivity contribution in [3.05, 3.63) is 83.9 Å². The van der Waals surface area contributed by atoms with E-state index in [2.05, 4.69) is 4.74 Å². The van der Waals surface area contributed by atoms with Crippen molar-refractivity contribution in [3.8, 4) is 33.8 Å². The van der Waals surface area contributed by atoms with Crippen LogP contribution in [0.25, 0.3) is 33.0 Å². The number of rotatable bonds is 5. The van der Waals surface area contributed by atoms with Crippen LogP contribution in [0.1, 0.15) is 0 Å². The van der Waals surface area contributed by atoms with E-state index in [0.29, 0.717) is 0 Å². The highest BCUT2D eigenvalue weighted by Gasteiger charge is 2.18. The third kappa shape index (κ3) is 3.95. The Bertz CT molecular complexity index is 1300. The molecular formula is C24H14F6O2. The molecule has 2 nitrogen and oxygen atoms in total. The van der Waals surface area contributed by atoms with Gasteiger partial charge in [0, 0.05) is 17.0 Å². The van der Waals surface area contributed by atoms with Gasteiger partial charge in [-0.1, -0.05) is 18.2 Å². The molecule has 0 aliphatic heterocycles. The first-order valence-electron chi connectivity index (χ1n) is 9.29. The van der Waals surface area contributed by atoms with E-state index in [4.69, 9.17) is 4.74 Å². The predicted molar refractivity (Wildman–Crippen MR) is 108 cm³/mol. The molecule has 0 saturated heterocycles. The van der Waals surface area contributed by atoms with Gasteiger partial charge in [0.1, 0.15) is 23.2 Å². The van der Waals surface area contributed by atoms with Crippen LogP contribution in [0.4, 0.5) is 26.3 Å². The van der Waals surface area contributed by atoms with E-state index in [9.17, 15) is 26.3 Å². The molecule has 0 aliphatic rings. The van der Waals surface area contributed by atoms with Crippen molar-refractivity contribution in [1.29, 1.82) is 0 Å². The van der Waals surface area contributed by atoms with Gasteiger partial charge in [0.05, 0.1) is 12.7 Å². The first kappa shape index (κ1) is 21.5. The number of alkyl halides is 2. The Morgan fingerprint density at radius 3 is 2.06 bits per heavy atom. The monoisotopic (exact) mass is 448 g/mol. The van der Waals surface area contributed by atoms with Gasteiger partial charge in [-0.25, -0.2) is 17.6 Å². The second kappa shape index (κ2) is 8.45. The molecule has 0 fully saturated rings. The number of hydrogen-bond acceptors (Lipinski definition) is 2. The van der Waals surface area contributed by atoms with Crippen molar-refractivity contribution in [2.75, 3.05) is 7.11 Å². The molecular weight excluding hydrogens is 434 g/mol. The number of ether oxygens (including phenoxy) is 2. The smallest absolute Gasteiger partial charge is 0.387 e. The molecule has 0 heterocycles. The Morgan fingerprint density at radius 1 is 0.719 bits per heavy atom. The van der Waals surface area contributed by atoms with Crippen molar-refractivity contribution in [2.45, 2.75) is 6.61 Å². The first-order chi connectivity index (χ1) is 15.3. The average Bonchev–Trinajstić information content (AvgIpc) is 2.74. The quantitative estimate of drug-likeness (QED) is 0.298. The molecule has 164 valence electrons. The first-order valence-corrected chi connectivity index (χ1v) is 9.29. The van der Waals surface area contributed by atoms with Crippen molar-refractivity contribution >= 4 is 10.8 Å². The highest BCUT2D eigenvalue weighted by molar-refractivity contribution is 5.89. The summed E-state index contributed by atoms with van der Waals surface area (Å²) in [6.45, 7) is -3.20. The number of hydrogen-bond donors (Lipinski definition) is 0. The molecule has 0 unspecified atom stereocenters. The van der Waals surface area contributed by atoms with Crippen LogP contribution in [-0.2, 0) is 0 Å². The summed E-state index contributed by atoms with van der Waals surface area (Å²) < 4.78 is 92.3. The molecule has 0 aromatic heterocycles. The second-order valence-electron chi connectivity index (χ2n) is 6.85. The standard InChI is InChI=1S/C24H14F6O2/c1-31-15-4-6-16(18(25)11-15)14-9-19(26)22(20(27)10-14)13-2-5-17-12(8-13)3-7-21(23(17)28)32-24(29)30/h2-11,24H,1H3. The minimum atomic E-state index is -3.20. The summed E-state index contributed by atoms with van der Waals surface area (Å²) in [5.41, 5.74) is -0.319. The summed E-state index contributed by atoms with van der Waals surface area (Å²) in [7, 11) is 1.37. The Kier molecular flexibility index (Phi) is 5.69. The van der Waals surface area contributed by atoms with Crippen molar-refractivity contribution < 1.29 is 35.8 Å². The van der Waals surface area contributed by atoms with Gasteiger partial charge in [0.15, 0.2) is 11.6 Å². The van der Waals surface area contributed by atoms with Gasteiger partial charge in [-0.05, 0) is 52.9 Å². The topological polar surface area (TPSA) is 18.5 Å². The Balaban J connectivity index is 1.77. The van der Waals surface area contributed by atoms with Crippen LogP contribution in [0.3, 0.4) is 0 Å². The van der Waals surface area contributed by atoms with E-state index >= 15 is 0 Å². The van der Waals surface area contributed by atoms with Crippen molar-refractivity contribution in [3.63, 3.8) is 0 Å². The Morgan fingerprint density at radius 2 is 1.44 bits per heavy atom. The summed E-state index contributed by atoms with van der Waals surface area (Å²) >= 11 is 0. The largest absolute Gasteiger partial charge is 0.497 e. The normalized spacial score (nSPS) is 11.2. The van der Waals surface area contributed by atoms with Gasteiger partial charge in [-0.2, -0.15) is 8.78 Å². The predicted octanol–water partition coefficient (Wildman–Crippen LogP) is 7.34. The molecule has 0 atom stereocenters. The lowest BCUT2D eigenvalue weighted by atomic mass is 9.96. The summed E-state index contributed by atoms with van der Waals surface area (Å²) in [5.74, 6) is -4.00. The molecule has 4 aromatic rings. The van der Waals surface area contributed by atoms with Gasteiger partial charge in [-0.3, -0.25) is 0 Å². The second-order valence-corrected chi connectivity index (χ2v) is 6.85.